The van der Waals surface area contributed by atoms with Crippen LogP contribution in [0.5, 0.6) is 11.5 Å². The molecule has 1 aliphatic rings. The van der Waals surface area contributed by atoms with Gasteiger partial charge >= 0.3 is 6.18 Å². The van der Waals surface area contributed by atoms with Crippen LogP contribution in [0.3, 0.4) is 0 Å². The molecule has 3 aromatic carbocycles. The highest BCUT2D eigenvalue weighted by molar-refractivity contribution is 5.85. The molecule has 0 bridgehead atoms. The minimum atomic E-state index is -4.49. The monoisotopic (exact) mass is 483 g/mol. The summed E-state index contributed by atoms with van der Waals surface area (Å²) in [5.74, 6) is 0.505. The Hall–Kier alpha value is -3.48. The SMILES string of the molecule is CC[C@H](C(=O)N1CCc2cc(OC)c(OC)cc2[C@H]1c1cccc(C(F)(F)F)c1)c1ccccc1. The number of halogens is 3. The minimum Gasteiger partial charge on any atom is -0.493 e. The summed E-state index contributed by atoms with van der Waals surface area (Å²) in [7, 11) is 3.05. The van der Waals surface area contributed by atoms with E-state index >= 15 is 0 Å². The zero-order valence-corrected chi connectivity index (χ0v) is 19.9. The van der Waals surface area contributed by atoms with Gasteiger partial charge in [-0.25, -0.2) is 0 Å². The van der Waals surface area contributed by atoms with Gasteiger partial charge in [-0.1, -0.05) is 49.4 Å². The number of ether oxygens (including phenoxy) is 2. The van der Waals surface area contributed by atoms with E-state index in [1.165, 1.54) is 13.2 Å². The summed E-state index contributed by atoms with van der Waals surface area (Å²) in [4.78, 5) is 15.6. The molecule has 0 unspecified atom stereocenters. The Bertz CT molecular complexity index is 1190. The predicted molar refractivity (Wildman–Crippen MR) is 128 cm³/mol. The lowest BCUT2D eigenvalue weighted by Gasteiger charge is -2.40. The Labute approximate surface area is 203 Å². The Balaban J connectivity index is 1.86. The van der Waals surface area contributed by atoms with Crippen LogP contribution in [0.1, 0.15) is 53.1 Å². The third-order valence-corrected chi connectivity index (χ3v) is 6.59. The average Bonchev–Trinajstić information content (AvgIpc) is 2.87. The molecule has 35 heavy (non-hydrogen) atoms. The molecule has 1 heterocycles. The Kier molecular flexibility index (Phi) is 7.05. The molecule has 184 valence electrons. The highest BCUT2D eigenvalue weighted by Gasteiger charge is 2.38. The van der Waals surface area contributed by atoms with Crippen molar-refractivity contribution in [3.05, 3.63) is 94.5 Å². The van der Waals surface area contributed by atoms with Crippen LogP contribution in [0, 0.1) is 0 Å². The summed E-state index contributed by atoms with van der Waals surface area (Å²) in [6.07, 6.45) is -3.36. The number of carbonyl (C=O) groups is 1. The summed E-state index contributed by atoms with van der Waals surface area (Å²) >= 11 is 0. The predicted octanol–water partition coefficient (Wildman–Crippen LogP) is 6.39. The third kappa shape index (κ3) is 4.85. The van der Waals surface area contributed by atoms with Gasteiger partial charge in [-0.15, -0.1) is 0 Å². The van der Waals surface area contributed by atoms with Crippen molar-refractivity contribution in [2.75, 3.05) is 20.8 Å². The molecule has 0 spiro atoms. The molecule has 4 rings (SSSR count). The highest BCUT2D eigenvalue weighted by atomic mass is 19.4. The second-order valence-corrected chi connectivity index (χ2v) is 8.58. The van der Waals surface area contributed by atoms with Crippen LogP contribution >= 0.6 is 0 Å². The molecule has 7 heteroatoms. The molecular formula is C28H28F3NO3. The molecule has 0 radical (unpaired) electrons. The van der Waals surface area contributed by atoms with Crippen molar-refractivity contribution < 1.29 is 27.4 Å². The smallest absolute Gasteiger partial charge is 0.416 e. The van der Waals surface area contributed by atoms with Crippen molar-refractivity contribution in [3.63, 3.8) is 0 Å². The number of rotatable bonds is 6. The van der Waals surface area contributed by atoms with Crippen molar-refractivity contribution in [1.82, 2.24) is 4.90 Å². The maximum Gasteiger partial charge on any atom is 0.416 e. The number of nitrogens with zero attached hydrogens (tertiary/aromatic N) is 1. The van der Waals surface area contributed by atoms with Crippen molar-refractivity contribution >= 4 is 5.91 Å². The van der Waals surface area contributed by atoms with E-state index in [9.17, 15) is 18.0 Å². The molecule has 0 aliphatic carbocycles. The maximum absolute atomic E-state index is 13.9. The number of carbonyl (C=O) groups excluding carboxylic acids is 1. The quantitative estimate of drug-likeness (QED) is 0.408. The molecule has 1 aliphatic heterocycles. The topological polar surface area (TPSA) is 38.8 Å². The van der Waals surface area contributed by atoms with Crippen LogP contribution in [-0.2, 0) is 17.4 Å². The molecule has 0 saturated carbocycles. The van der Waals surface area contributed by atoms with E-state index in [-0.39, 0.29) is 5.91 Å². The van der Waals surface area contributed by atoms with Crippen molar-refractivity contribution in [2.45, 2.75) is 37.9 Å². The fourth-order valence-corrected chi connectivity index (χ4v) is 4.87. The summed E-state index contributed by atoms with van der Waals surface area (Å²) in [6.45, 7) is 2.33. The Morgan fingerprint density at radius 3 is 2.31 bits per heavy atom. The molecular weight excluding hydrogens is 455 g/mol. The van der Waals surface area contributed by atoms with Crippen LogP contribution in [0.2, 0.25) is 0 Å². The van der Waals surface area contributed by atoms with Crippen molar-refractivity contribution in [2.24, 2.45) is 0 Å². The molecule has 4 nitrogen and oxygen atoms in total. The highest BCUT2D eigenvalue weighted by Crippen LogP contribution is 2.43. The van der Waals surface area contributed by atoms with Gasteiger partial charge < -0.3 is 14.4 Å². The van der Waals surface area contributed by atoms with E-state index in [2.05, 4.69) is 0 Å². The van der Waals surface area contributed by atoms with Gasteiger partial charge in [-0.05, 0) is 59.4 Å². The molecule has 0 aromatic heterocycles. The second-order valence-electron chi connectivity index (χ2n) is 8.58. The van der Waals surface area contributed by atoms with Crippen LogP contribution < -0.4 is 9.47 Å². The molecule has 3 aromatic rings. The fraction of sp³-hybridized carbons (Fsp3) is 0.321. The van der Waals surface area contributed by atoms with Gasteiger partial charge in [0.15, 0.2) is 11.5 Å². The van der Waals surface area contributed by atoms with Crippen molar-refractivity contribution in [3.8, 4) is 11.5 Å². The summed E-state index contributed by atoms with van der Waals surface area (Å²) in [6, 6.07) is 17.7. The van der Waals surface area contributed by atoms with Crippen molar-refractivity contribution in [1.29, 1.82) is 0 Å². The number of benzene rings is 3. The zero-order chi connectivity index (χ0) is 25.2. The number of hydrogen-bond donors (Lipinski definition) is 0. The van der Waals surface area contributed by atoms with E-state index in [0.717, 1.165) is 28.8 Å². The lowest BCUT2D eigenvalue weighted by molar-refractivity contribution is -0.137. The lowest BCUT2D eigenvalue weighted by atomic mass is 9.85. The van der Waals surface area contributed by atoms with Crippen LogP contribution in [-0.4, -0.2) is 31.6 Å². The number of fused-ring (bicyclic) bond motifs is 1. The van der Waals surface area contributed by atoms with Gasteiger partial charge in [0.1, 0.15) is 0 Å². The Morgan fingerprint density at radius 1 is 1.00 bits per heavy atom. The number of hydrogen-bond acceptors (Lipinski definition) is 3. The molecule has 1 amide bonds. The van der Waals surface area contributed by atoms with E-state index in [1.807, 2.05) is 43.3 Å². The molecule has 0 saturated heterocycles. The zero-order valence-electron chi connectivity index (χ0n) is 19.9. The average molecular weight is 484 g/mol. The first-order valence-electron chi connectivity index (χ1n) is 11.6. The summed E-state index contributed by atoms with van der Waals surface area (Å²) < 4.78 is 51.7. The van der Waals surface area contributed by atoms with Gasteiger partial charge in [0.2, 0.25) is 5.91 Å². The van der Waals surface area contributed by atoms with Crippen LogP contribution in [0.4, 0.5) is 13.2 Å². The molecule has 2 atom stereocenters. The normalized spacial score (nSPS) is 16.4. The standard InChI is InChI=1S/C28H28F3NO3/c1-4-22(18-9-6-5-7-10-18)27(33)32-14-13-19-16-24(34-2)25(35-3)17-23(19)26(32)20-11-8-12-21(15-20)28(29,30)31/h5-12,15-17,22,26H,4,13-14H2,1-3H3/t22-,26+/m0/s1. The summed E-state index contributed by atoms with van der Waals surface area (Å²) in [5.41, 5.74) is 2.21. The Morgan fingerprint density at radius 2 is 1.69 bits per heavy atom. The fourth-order valence-electron chi connectivity index (χ4n) is 4.87. The first-order chi connectivity index (χ1) is 16.8. The van der Waals surface area contributed by atoms with Gasteiger partial charge in [0.25, 0.3) is 0 Å². The van der Waals surface area contributed by atoms with Crippen LogP contribution in [0.15, 0.2) is 66.7 Å². The maximum atomic E-state index is 13.9. The van der Waals surface area contributed by atoms with Crippen LogP contribution in [0.25, 0.3) is 0 Å². The lowest BCUT2D eigenvalue weighted by Crippen LogP contribution is -2.43. The van der Waals surface area contributed by atoms with E-state index in [0.29, 0.717) is 36.4 Å². The number of alkyl halides is 3. The first-order valence-corrected chi connectivity index (χ1v) is 11.6. The number of amides is 1. The minimum absolute atomic E-state index is 0.110. The van der Waals surface area contributed by atoms with E-state index < -0.39 is 23.7 Å². The van der Waals surface area contributed by atoms with E-state index in [1.54, 1.807) is 24.1 Å². The van der Waals surface area contributed by atoms with Gasteiger partial charge in [0.05, 0.1) is 31.7 Å². The van der Waals surface area contributed by atoms with Gasteiger partial charge in [-0.3, -0.25) is 4.79 Å². The first kappa shape index (κ1) is 24.6. The second kappa shape index (κ2) is 10.0. The molecule has 0 fully saturated rings. The third-order valence-electron chi connectivity index (χ3n) is 6.59. The van der Waals surface area contributed by atoms with Gasteiger partial charge in [-0.2, -0.15) is 13.2 Å². The van der Waals surface area contributed by atoms with Gasteiger partial charge in [0, 0.05) is 6.54 Å². The van der Waals surface area contributed by atoms with E-state index in [4.69, 9.17) is 9.47 Å². The summed E-state index contributed by atoms with van der Waals surface area (Å²) in [5, 5.41) is 0. The largest absolute Gasteiger partial charge is 0.493 e. The molecule has 0 N–H and O–H groups in total. The number of methoxy groups -OCH3 is 2.